The number of halogens is 3. The van der Waals surface area contributed by atoms with Crippen molar-refractivity contribution < 1.29 is 51.7 Å². The van der Waals surface area contributed by atoms with Gasteiger partial charge < -0.3 is 46.1 Å². The number of hydrogen-bond donors (Lipinski definition) is 5. The van der Waals surface area contributed by atoms with E-state index in [1.165, 1.54) is 53.2 Å². The van der Waals surface area contributed by atoms with E-state index in [4.69, 9.17) is 20.3 Å². The number of nitrogens with zero attached hydrogens (tertiary/aromatic N) is 11. The average molecular weight is 1290 g/mol. The first-order chi connectivity index (χ1) is 43.9. The van der Waals surface area contributed by atoms with Crippen LogP contribution in [0.4, 0.5) is 22.8 Å². The van der Waals surface area contributed by atoms with Crippen LogP contribution in [0.2, 0.25) is 0 Å². The number of carbonyl (C=O) groups is 5. The molecule has 26 heteroatoms. The summed E-state index contributed by atoms with van der Waals surface area (Å²) in [5.74, 6) is 1.05. The largest absolute Gasteiger partial charge is 0.478 e. The van der Waals surface area contributed by atoms with E-state index >= 15 is 0 Å². The van der Waals surface area contributed by atoms with E-state index in [1.807, 2.05) is 67.5 Å². The number of alkyl halides is 3. The molecule has 6 aromatic rings. The fourth-order valence-corrected chi connectivity index (χ4v) is 10.3. The minimum Gasteiger partial charge on any atom is -0.478 e. The lowest BCUT2D eigenvalue weighted by Gasteiger charge is -2.34. The lowest BCUT2D eigenvalue weighted by Crippen LogP contribution is -2.45. The van der Waals surface area contributed by atoms with E-state index in [9.17, 15) is 37.1 Å². The molecule has 23 nitrogen and oxygen atoms in total. The van der Waals surface area contributed by atoms with Gasteiger partial charge in [0.1, 0.15) is 30.2 Å². The van der Waals surface area contributed by atoms with Crippen molar-refractivity contribution in [3.63, 3.8) is 0 Å². The van der Waals surface area contributed by atoms with Crippen molar-refractivity contribution in [1.29, 1.82) is 0 Å². The first kappa shape index (κ1) is 73.0. The summed E-state index contributed by atoms with van der Waals surface area (Å²) in [6.07, 6.45) is 13.9. The molecule has 3 aliphatic heterocycles. The third-order valence-electron chi connectivity index (χ3n) is 14.5. The first-order valence-corrected chi connectivity index (χ1v) is 31.2. The van der Waals surface area contributed by atoms with Crippen molar-refractivity contribution in [2.24, 2.45) is 23.5 Å². The number of carbonyl (C=O) groups excluding carboxylic acids is 4. The first-order valence-electron chi connectivity index (χ1n) is 31.2. The molecule has 3 aliphatic rings. The molecule has 3 atom stereocenters. The standard InChI is InChI=1S/C24H33N5O3.C19H25N5O.C13H10F3N3O2.C11H22N2O2/c1-17-11-18(2)13-20(12-17)22-26-16-29(27-22)10-8-21(30)25-14-19-7-6-9-28(15-19)23(31)32-24(3,4)5;1-14-8-15(2)10-17(9-14)19-22-13-24(23-19)7-5-18(25)21-12-16-4-3-6-20-11-16;1-8-4-9(6-10(5-8)13(14,15)16)12-17-7-19(18-12)3-2-11(20)21;1-11(2,3)15-10(14)13-6-4-5-9(7-12)8-13/h8,10-13,16,19H,6-7,9,14-15H2,1-5H3,(H,25,30);5,7-10,13,16,20H,3-4,6,11-12H2,1-2H3,(H,21,25);2-7H,1H3,(H,20,21);9H,4-8,12H2,1-3H3/b10-8-;7-5-;3-2-;. The smallest absolute Gasteiger partial charge is 0.416 e. The van der Waals surface area contributed by atoms with Crippen LogP contribution in [0.1, 0.15) is 113 Å². The summed E-state index contributed by atoms with van der Waals surface area (Å²) >= 11 is 0. The van der Waals surface area contributed by atoms with Gasteiger partial charge in [-0.15, -0.1) is 15.3 Å². The quantitative estimate of drug-likeness (QED) is 0.0634. The Bertz CT molecular complexity index is 3510. The number of rotatable bonds is 14. The number of hydrogen-bond acceptors (Lipinski definition) is 15. The van der Waals surface area contributed by atoms with Crippen LogP contribution < -0.4 is 21.7 Å². The number of amides is 4. The van der Waals surface area contributed by atoms with Crippen LogP contribution in [0.15, 0.2) is 91.8 Å². The van der Waals surface area contributed by atoms with Crippen molar-refractivity contribution >= 4 is 48.6 Å². The van der Waals surface area contributed by atoms with Crippen LogP contribution in [0.5, 0.6) is 0 Å². The number of benzene rings is 3. The number of piperidine rings is 3. The molecule has 4 amide bonds. The van der Waals surface area contributed by atoms with Gasteiger partial charge in [-0.3, -0.25) is 9.59 Å². The van der Waals surface area contributed by atoms with E-state index < -0.39 is 28.9 Å². The van der Waals surface area contributed by atoms with E-state index in [2.05, 4.69) is 84.3 Å². The van der Waals surface area contributed by atoms with Gasteiger partial charge in [0.25, 0.3) is 0 Å². The molecule has 3 fully saturated rings. The Balaban J connectivity index is 0.000000203. The van der Waals surface area contributed by atoms with Crippen molar-refractivity contribution in [3.8, 4) is 34.2 Å². The number of aryl methyl sites for hydroxylation is 5. The predicted octanol–water partition coefficient (Wildman–Crippen LogP) is 10.4. The lowest BCUT2D eigenvalue weighted by molar-refractivity contribution is -0.137. The zero-order valence-corrected chi connectivity index (χ0v) is 55.2. The van der Waals surface area contributed by atoms with Gasteiger partial charge in [0.2, 0.25) is 11.8 Å². The second kappa shape index (κ2) is 34.0. The van der Waals surface area contributed by atoms with E-state index in [1.54, 1.807) is 46.5 Å². The molecule has 93 heavy (non-hydrogen) atoms. The third kappa shape index (κ3) is 25.9. The predicted molar refractivity (Wildman–Crippen MR) is 350 cm³/mol. The van der Waals surface area contributed by atoms with Crippen LogP contribution >= 0.6 is 0 Å². The summed E-state index contributed by atoms with van der Waals surface area (Å²) in [5.41, 5.74) is 11.1. The molecule has 0 radical (unpaired) electrons. The Hall–Kier alpha value is -9.04. The second-order valence-corrected chi connectivity index (χ2v) is 25.6. The van der Waals surface area contributed by atoms with E-state index in [-0.39, 0.29) is 41.3 Å². The maximum absolute atomic E-state index is 12.8. The van der Waals surface area contributed by atoms with Crippen LogP contribution in [-0.2, 0) is 30.0 Å². The molecule has 0 spiro atoms. The van der Waals surface area contributed by atoms with Crippen molar-refractivity contribution in [2.45, 2.75) is 132 Å². The van der Waals surface area contributed by atoms with Crippen LogP contribution in [0, 0.1) is 52.4 Å². The molecule has 3 aromatic carbocycles. The molecule has 0 aliphatic carbocycles. The second-order valence-electron chi connectivity index (χ2n) is 25.6. The van der Waals surface area contributed by atoms with Gasteiger partial charge in [0, 0.05) is 92.8 Å². The number of carboxylic acids is 1. The Morgan fingerprint density at radius 2 is 0.957 bits per heavy atom. The molecule has 3 aromatic heterocycles. The molecule has 3 saturated heterocycles. The zero-order chi connectivity index (χ0) is 68.0. The average Bonchev–Trinajstić information content (AvgIpc) is 1.89. The zero-order valence-electron chi connectivity index (χ0n) is 55.2. The highest BCUT2D eigenvalue weighted by Crippen LogP contribution is 2.33. The number of aliphatic carboxylic acids is 1. The van der Waals surface area contributed by atoms with Gasteiger partial charge in [-0.1, -0.05) is 34.4 Å². The Morgan fingerprint density at radius 1 is 0.570 bits per heavy atom. The van der Waals surface area contributed by atoms with Gasteiger partial charge in [0.15, 0.2) is 17.5 Å². The topological polar surface area (TPSA) is 285 Å². The number of ether oxygens (including phenoxy) is 2. The van der Waals surface area contributed by atoms with Gasteiger partial charge in [0.05, 0.1) is 5.56 Å². The van der Waals surface area contributed by atoms with Gasteiger partial charge in [-0.05, 0) is 200 Å². The molecule has 502 valence electrons. The lowest BCUT2D eigenvalue weighted by atomic mass is 9.98. The van der Waals surface area contributed by atoms with Crippen LogP contribution in [-0.4, -0.2) is 159 Å². The Labute approximate surface area is 542 Å². The number of nitrogens with one attached hydrogen (secondary N) is 3. The Morgan fingerprint density at radius 3 is 1.35 bits per heavy atom. The highest BCUT2D eigenvalue weighted by atomic mass is 19.4. The van der Waals surface area contributed by atoms with E-state index in [0.717, 1.165) is 103 Å². The number of aromatic nitrogens is 9. The summed E-state index contributed by atoms with van der Waals surface area (Å²) in [5, 5.41) is 30.4. The molecular formula is C67H90F3N15O8. The normalized spacial score (nSPS) is 17.0. The van der Waals surface area contributed by atoms with E-state index in [0.29, 0.717) is 61.8 Å². The van der Waals surface area contributed by atoms with Crippen molar-refractivity contribution in [1.82, 2.24) is 70.0 Å². The molecule has 9 rings (SSSR count). The fraction of sp³-hybridized carbons (Fsp3) is 0.478. The summed E-state index contributed by atoms with van der Waals surface area (Å²) in [4.78, 5) is 74.6. The number of nitrogens with two attached hydrogens (primary N) is 1. The molecule has 3 unspecified atom stereocenters. The maximum atomic E-state index is 12.8. The van der Waals surface area contributed by atoms with Gasteiger partial charge in [-0.2, -0.15) is 13.2 Å². The number of likely N-dealkylation sites (tertiary alicyclic amines) is 2. The highest BCUT2D eigenvalue weighted by Gasteiger charge is 2.32. The summed E-state index contributed by atoms with van der Waals surface area (Å²) in [6, 6.07) is 15.9. The van der Waals surface area contributed by atoms with Crippen LogP contribution in [0.3, 0.4) is 0 Å². The molecule has 0 saturated carbocycles. The highest BCUT2D eigenvalue weighted by molar-refractivity contribution is 5.90. The molecular weight excluding hydrogens is 1200 g/mol. The van der Waals surface area contributed by atoms with Crippen LogP contribution in [0.25, 0.3) is 52.8 Å². The van der Waals surface area contributed by atoms with Crippen molar-refractivity contribution in [2.75, 3.05) is 58.9 Å². The van der Waals surface area contributed by atoms with Gasteiger partial charge in [-0.25, -0.2) is 43.4 Å². The molecule has 0 bridgehead atoms. The summed E-state index contributed by atoms with van der Waals surface area (Å²) < 4.78 is 53.2. The maximum Gasteiger partial charge on any atom is 0.416 e. The summed E-state index contributed by atoms with van der Waals surface area (Å²) in [7, 11) is 0. The minimum absolute atomic E-state index is 0.0826. The molecule has 6 heterocycles. The fourth-order valence-electron chi connectivity index (χ4n) is 10.3. The third-order valence-corrected chi connectivity index (χ3v) is 14.5. The minimum atomic E-state index is -4.45. The monoisotopic (exact) mass is 1290 g/mol. The number of carboxylic acid groups (broad SMARTS) is 1. The SMILES string of the molecule is CC(C)(C)OC(=O)N1CCCC(CN)C1.Cc1cc(-c2ncn(/C=C\C(=O)O)n2)cc(C(F)(F)F)c1.Cc1cc(C)cc(-c2ncn(/C=C\C(=O)NCC3CCCN(C(=O)OC(C)(C)C)C3)n2)c1.Cc1cc(C)cc(-c2ncn(/C=C\C(=O)NCC3CCCNC3)n2)c1. The Kier molecular flexibility index (Phi) is 26.7. The van der Waals surface area contributed by atoms with Crippen molar-refractivity contribution in [3.05, 3.63) is 125 Å². The summed E-state index contributed by atoms with van der Waals surface area (Å²) in [6.45, 7) is 27.7. The van der Waals surface area contributed by atoms with Gasteiger partial charge >= 0.3 is 24.3 Å². The molecule has 6 N–H and O–H groups in total.